The molecule has 0 unspecified atom stereocenters. The molecule has 1 aliphatic rings. The zero-order valence-corrected chi connectivity index (χ0v) is 17.8. The zero-order valence-electron chi connectivity index (χ0n) is 16.3. The van der Waals surface area contributed by atoms with E-state index in [0.29, 0.717) is 21.8 Å². The molecule has 0 aliphatic heterocycles. The van der Waals surface area contributed by atoms with Gasteiger partial charge in [-0.15, -0.1) is 0 Å². The molecule has 1 aromatic heterocycles. The number of hydrogen-bond donors (Lipinski definition) is 2. The number of carbonyl (C=O) groups excluding carboxylic acids is 1. The summed E-state index contributed by atoms with van der Waals surface area (Å²) in [5.41, 5.74) is 0.635. The van der Waals surface area contributed by atoms with Crippen molar-refractivity contribution in [3.8, 4) is 0 Å². The third kappa shape index (κ3) is 5.49. The van der Waals surface area contributed by atoms with E-state index in [0.717, 1.165) is 43.1 Å². The maximum absolute atomic E-state index is 12.6. The predicted octanol–water partition coefficient (Wildman–Crippen LogP) is 4.77. The quantitative estimate of drug-likeness (QED) is 0.727. The molecule has 2 aromatic rings. The number of benzene rings is 1. The molecule has 0 radical (unpaired) electrons. The molecule has 3 rings (SSSR count). The van der Waals surface area contributed by atoms with E-state index in [1.807, 2.05) is 32.0 Å². The van der Waals surface area contributed by atoms with Gasteiger partial charge in [0.25, 0.3) is 0 Å². The highest BCUT2D eigenvalue weighted by molar-refractivity contribution is 6.35. The summed E-state index contributed by atoms with van der Waals surface area (Å²) in [6.07, 6.45) is 3.47. The molecule has 1 saturated carbocycles. The van der Waals surface area contributed by atoms with Crippen LogP contribution in [0.4, 0.5) is 17.3 Å². The van der Waals surface area contributed by atoms with Gasteiger partial charge in [-0.25, -0.2) is 9.97 Å². The average molecular weight is 422 g/mol. The lowest BCUT2D eigenvalue weighted by atomic mass is 9.85. The second kappa shape index (κ2) is 8.97. The van der Waals surface area contributed by atoms with Crippen LogP contribution in [-0.4, -0.2) is 36.0 Å². The first-order valence-electron chi connectivity index (χ1n) is 9.36. The summed E-state index contributed by atoms with van der Waals surface area (Å²) >= 11 is 12.0. The molecule has 1 aromatic carbocycles. The first kappa shape index (κ1) is 20.7. The van der Waals surface area contributed by atoms with Crippen LogP contribution >= 0.6 is 23.2 Å². The number of aryl methyl sites for hydroxylation is 1. The molecular formula is C20H25Cl2N5O. The third-order valence-electron chi connectivity index (χ3n) is 4.86. The Morgan fingerprint density at radius 1 is 1.04 bits per heavy atom. The predicted molar refractivity (Wildman–Crippen MR) is 116 cm³/mol. The maximum atomic E-state index is 12.6. The van der Waals surface area contributed by atoms with Crippen molar-refractivity contribution in [1.29, 1.82) is 0 Å². The van der Waals surface area contributed by atoms with Gasteiger partial charge in [-0.2, -0.15) is 0 Å². The van der Waals surface area contributed by atoms with Crippen molar-refractivity contribution < 1.29 is 4.79 Å². The molecule has 1 fully saturated rings. The molecule has 0 saturated heterocycles. The number of rotatable bonds is 5. The van der Waals surface area contributed by atoms with Crippen molar-refractivity contribution in [2.45, 2.75) is 38.6 Å². The van der Waals surface area contributed by atoms with Gasteiger partial charge in [0.2, 0.25) is 5.91 Å². The van der Waals surface area contributed by atoms with Crippen LogP contribution in [0.15, 0.2) is 24.3 Å². The van der Waals surface area contributed by atoms with Crippen LogP contribution < -0.4 is 15.5 Å². The summed E-state index contributed by atoms with van der Waals surface area (Å²) in [5.74, 6) is 2.45. The number of anilines is 3. The van der Waals surface area contributed by atoms with Gasteiger partial charge in [-0.3, -0.25) is 4.79 Å². The van der Waals surface area contributed by atoms with E-state index in [9.17, 15) is 4.79 Å². The number of hydrogen-bond acceptors (Lipinski definition) is 5. The van der Waals surface area contributed by atoms with Crippen LogP contribution in [-0.2, 0) is 4.79 Å². The fourth-order valence-corrected chi connectivity index (χ4v) is 3.96. The minimum absolute atomic E-state index is 0.0136. The van der Waals surface area contributed by atoms with E-state index in [1.165, 1.54) is 0 Å². The molecule has 0 spiro atoms. The Labute approximate surface area is 175 Å². The van der Waals surface area contributed by atoms with Crippen molar-refractivity contribution in [3.63, 3.8) is 0 Å². The smallest absolute Gasteiger partial charge is 0.227 e. The van der Waals surface area contributed by atoms with Crippen LogP contribution in [0.3, 0.4) is 0 Å². The Kier molecular flexibility index (Phi) is 6.62. The number of nitrogens with zero attached hydrogens (tertiary/aromatic N) is 3. The van der Waals surface area contributed by atoms with Crippen molar-refractivity contribution in [2.75, 3.05) is 29.6 Å². The summed E-state index contributed by atoms with van der Waals surface area (Å²) in [4.78, 5) is 23.4. The molecule has 6 nitrogen and oxygen atoms in total. The largest absolute Gasteiger partial charge is 0.367 e. The summed E-state index contributed by atoms with van der Waals surface area (Å²) in [6.45, 7) is 1.89. The van der Waals surface area contributed by atoms with Crippen LogP contribution in [0, 0.1) is 12.8 Å². The van der Waals surface area contributed by atoms with E-state index in [1.54, 1.807) is 18.2 Å². The normalized spacial score (nSPS) is 19.2. The van der Waals surface area contributed by atoms with Gasteiger partial charge in [-0.1, -0.05) is 23.2 Å². The Hall–Kier alpha value is -2.05. The first-order valence-corrected chi connectivity index (χ1v) is 10.1. The molecule has 0 atom stereocenters. The van der Waals surface area contributed by atoms with Gasteiger partial charge >= 0.3 is 0 Å². The lowest BCUT2D eigenvalue weighted by molar-refractivity contribution is -0.120. The zero-order chi connectivity index (χ0) is 20.3. The van der Waals surface area contributed by atoms with Crippen molar-refractivity contribution in [1.82, 2.24) is 9.97 Å². The van der Waals surface area contributed by atoms with Crippen LogP contribution in [0.2, 0.25) is 10.0 Å². The molecule has 150 valence electrons. The number of halogens is 2. The standard InChI is InChI=1S/C20H25Cl2N5O/c1-12-23-18(11-19(24-12)27(2)3)25-16-6-4-13(5-7-16)20(28)26-17-9-14(21)8-15(22)10-17/h8-11,13,16H,4-7H2,1-3H3,(H,26,28)(H,23,24,25). The van der Waals surface area contributed by atoms with Crippen molar-refractivity contribution in [3.05, 3.63) is 40.1 Å². The fraction of sp³-hybridized carbons (Fsp3) is 0.450. The Morgan fingerprint density at radius 3 is 2.29 bits per heavy atom. The summed E-state index contributed by atoms with van der Waals surface area (Å²) in [6, 6.07) is 7.31. The van der Waals surface area contributed by atoms with E-state index in [4.69, 9.17) is 23.2 Å². The van der Waals surface area contributed by atoms with E-state index in [2.05, 4.69) is 20.6 Å². The van der Waals surface area contributed by atoms with Gasteiger partial charge in [0.05, 0.1) is 0 Å². The first-order chi connectivity index (χ1) is 13.3. The summed E-state index contributed by atoms with van der Waals surface area (Å²) < 4.78 is 0. The van der Waals surface area contributed by atoms with Crippen LogP contribution in [0.1, 0.15) is 31.5 Å². The van der Waals surface area contributed by atoms with Gasteiger partial charge in [-0.05, 0) is 50.8 Å². The van der Waals surface area contributed by atoms with E-state index < -0.39 is 0 Å². The maximum Gasteiger partial charge on any atom is 0.227 e. The highest BCUT2D eigenvalue weighted by Crippen LogP contribution is 2.29. The third-order valence-corrected chi connectivity index (χ3v) is 5.30. The van der Waals surface area contributed by atoms with Gasteiger partial charge in [0, 0.05) is 47.9 Å². The molecule has 2 N–H and O–H groups in total. The minimum Gasteiger partial charge on any atom is -0.367 e. The minimum atomic E-state index is -0.0136. The van der Waals surface area contributed by atoms with Gasteiger partial charge < -0.3 is 15.5 Å². The number of amides is 1. The lowest BCUT2D eigenvalue weighted by Gasteiger charge is -2.29. The Balaban J connectivity index is 1.55. The number of aromatic nitrogens is 2. The van der Waals surface area contributed by atoms with E-state index in [-0.39, 0.29) is 11.8 Å². The topological polar surface area (TPSA) is 70.2 Å². The van der Waals surface area contributed by atoms with Crippen molar-refractivity contribution in [2.24, 2.45) is 5.92 Å². The lowest BCUT2D eigenvalue weighted by Crippen LogP contribution is -2.32. The molecule has 1 heterocycles. The number of nitrogens with one attached hydrogen (secondary N) is 2. The molecule has 28 heavy (non-hydrogen) atoms. The Morgan fingerprint density at radius 2 is 1.68 bits per heavy atom. The second-order valence-corrected chi connectivity index (χ2v) is 8.27. The SMILES string of the molecule is Cc1nc(NC2CCC(C(=O)Nc3cc(Cl)cc(Cl)c3)CC2)cc(N(C)C)n1. The molecular weight excluding hydrogens is 397 g/mol. The summed E-state index contributed by atoms with van der Waals surface area (Å²) in [7, 11) is 3.92. The molecule has 8 heteroatoms. The highest BCUT2D eigenvalue weighted by atomic mass is 35.5. The molecule has 0 bridgehead atoms. The average Bonchev–Trinajstić information content (AvgIpc) is 2.60. The monoisotopic (exact) mass is 421 g/mol. The second-order valence-electron chi connectivity index (χ2n) is 7.39. The highest BCUT2D eigenvalue weighted by Gasteiger charge is 2.26. The van der Waals surface area contributed by atoms with Crippen molar-refractivity contribution >= 4 is 46.4 Å². The van der Waals surface area contributed by atoms with Crippen LogP contribution in [0.25, 0.3) is 0 Å². The van der Waals surface area contributed by atoms with Gasteiger partial charge in [0.1, 0.15) is 17.5 Å². The molecule has 1 amide bonds. The fourth-order valence-electron chi connectivity index (χ4n) is 3.43. The van der Waals surface area contributed by atoms with Crippen LogP contribution in [0.5, 0.6) is 0 Å². The van der Waals surface area contributed by atoms with E-state index >= 15 is 0 Å². The Bertz CT molecular complexity index is 830. The molecule has 1 aliphatic carbocycles. The number of carbonyl (C=O) groups is 1. The summed E-state index contributed by atoms with van der Waals surface area (Å²) in [5, 5.41) is 7.44. The van der Waals surface area contributed by atoms with Gasteiger partial charge in [0.15, 0.2) is 0 Å².